The summed E-state index contributed by atoms with van der Waals surface area (Å²) in [5.41, 5.74) is 1.30. The lowest BCUT2D eigenvalue weighted by Gasteiger charge is -2.28. The Kier molecular flexibility index (Phi) is 3.94. The van der Waals surface area contributed by atoms with Gasteiger partial charge < -0.3 is 9.57 Å². The van der Waals surface area contributed by atoms with Crippen LogP contribution in [0.3, 0.4) is 0 Å². The Balaban J connectivity index is 1.80. The van der Waals surface area contributed by atoms with Crippen molar-refractivity contribution in [3.63, 3.8) is 0 Å². The maximum absolute atomic E-state index is 5.28. The molecule has 0 atom stereocenters. The predicted octanol–water partition coefficient (Wildman–Crippen LogP) is 0.332. The monoisotopic (exact) mass is 213 g/mol. The molecule has 2 fully saturated rings. The number of hydrazone groups is 1. The highest BCUT2D eigenvalue weighted by molar-refractivity contribution is 5.85. The number of ether oxygens (including phenoxy) is 1. The van der Waals surface area contributed by atoms with Gasteiger partial charge in [0.05, 0.1) is 33.4 Å². The predicted molar refractivity (Wildman–Crippen MR) is 57.6 cm³/mol. The number of piperidine rings is 1. The SMILES string of the molecule is CON1CCC(=NN2CCOCC2)CC1. The summed E-state index contributed by atoms with van der Waals surface area (Å²) in [7, 11) is 1.73. The highest BCUT2D eigenvalue weighted by Gasteiger charge is 2.16. The first-order valence-corrected chi connectivity index (χ1v) is 5.56. The molecule has 5 heteroatoms. The number of hydrogen-bond donors (Lipinski definition) is 0. The van der Waals surface area contributed by atoms with E-state index in [-0.39, 0.29) is 0 Å². The van der Waals surface area contributed by atoms with E-state index in [0.717, 1.165) is 52.2 Å². The minimum absolute atomic E-state index is 0.807. The molecule has 0 spiro atoms. The minimum Gasteiger partial charge on any atom is -0.378 e. The third-order valence-corrected chi connectivity index (χ3v) is 2.83. The fourth-order valence-electron chi connectivity index (χ4n) is 1.88. The van der Waals surface area contributed by atoms with Gasteiger partial charge in [0.1, 0.15) is 0 Å². The van der Waals surface area contributed by atoms with Crippen molar-refractivity contribution < 1.29 is 9.57 Å². The molecule has 0 unspecified atom stereocenters. The van der Waals surface area contributed by atoms with Gasteiger partial charge in [0.25, 0.3) is 0 Å². The molecular weight excluding hydrogens is 194 g/mol. The average molecular weight is 213 g/mol. The molecule has 5 nitrogen and oxygen atoms in total. The van der Waals surface area contributed by atoms with Crippen LogP contribution in [0.5, 0.6) is 0 Å². The fourth-order valence-corrected chi connectivity index (χ4v) is 1.88. The van der Waals surface area contributed by atoms with Crippen molar-refractivity contribution in [3.05, 3.63) is 0 Å². The zero-order valence-electron chi connectivity index (χ0n) is 9.31. The third-order valence-electron chi connectivity index (χ3n) is 2.83. The van der Waals surface area contributed by atoms with Crippen LogP contribution in [0.1, 0.15) is 12.8 Å². The summed E-state index contributed by atoms with van der Waals surface area (Å²) in [6.45, 7) is 5.39. The Labute approximate surface area is 90.6 Å². The summed E-state index contributed by atoms with van der Waals surface area (Å²) in [4.78, 5) is 5.17. The quantitative estimate of drug-likeness (QED) is 0.662. The molecule has 86 valence electrons. The van der Waals surface area contributed by atoms with Crippen molar-refractivity contribution in [2.75, 3.05) is 46.5 Å². The van der Waals surface area contributed by atoms with E-state index < -0.39 is 0 Å². The van der Waals surface area contributed by atoms with E-state index in [2.05, 4.69) is 10.1 Å². The first-order chi connectivity index (χ1) is 7.38. The average Bonchev–Trinajstić information content (AvgIpc) is 2.31. The standard InChI is InChI=1S/C10H19N3O2/c1-14-13-4-2-10(3-5-13)11-12-6-8-15-9-7-12/h2-9H2,1H3. The normalized spacial score (nSPS) is 24.3. The molecule has 15 heavy (non-hydrogen) atoms. The Morgan fingerprint density at radius 1 is 1.13 bits per heavy atom. The van der Waals surface area contributed by atoms with Crippen LogP contribution in [0, 0.1) is 0 Å². The van der Waals surface area contributed by atoms with E-state index >= 15 is 0 Å². The van der Waals surface area contributed by atoms with Crippen LogP contribution in [-0.4, -0.2) is 62.3 Å². The molecule has 0 amide bonds. The Morgan fingerprint density at radius 3 is 2.40 bits per heavy atom. The second-order valence-electron chi connectivity index (χ2n) is 3.84. The van der Waals surface area contributed by atoms with Gasteiger partial charge in [0.15, 0.2) is 0 Å². The molecule has 0 bridgehead atoms. The van der Waals surface area contributed by atoms with Gasteiger partial charge in [-0.25, -0.2) is 0 Å². The molecule has 0 N–H and O–H groups in total. The maximum atomic E-state index is 5.28. The lowest BCUT2D eigenvalue weighted by Crippen LogP contribution is -2.36. The van der Waals surface area contributed by atoms with E-state index in [9.17, 15) is 0 Å². The summed E-state index contributed by atoms with van der Waals surface area (Å²) in [5.74, 6) is 0. The second-order valence-corrected chi connectivity index (χ2v) is 3.84. The van der Waals surface area contributed by atoms with Crippen molar-refractivity contribution in [1.29, 1.82) is 0 Å². The van der Waals surface area contributed by atoms with Crippen LogP contribution in [-0.2, 0) is 9.57 Å². The van der Waals surface area contributed by atoms with Gasteiger partial charge in [0, 0.05) is 31.6 Å². The molecule has 0 aromatic rings. The van der Waals surface area contributed by atoms with Crippen LogP contribution in [0.4, 0.5) is 0 Å². The van der Waals surface area contributed by atoms with Crippen LogP contribution >= 0.6 is 0 Å². The van der Waals surface area contributed by atoms with Gasteiger partial charge in [-0.15, -0.1) is 0 Å². The van der Waals surface area contributed by atoms with Crippen molar-refractivity contribution in [3.8, 4) is 0 Å². The van der Waals surface area contributed by atoms with Crippen molar-refractivity contribution in [2.24, 2.45) is 5.10 Å². The van der Waals surface area contributed by atoms with E-state index in [1.807, 2.05) is 5.06 Å². The Hall–Kier alpha value is -0.650. The molecule has 0 radical (unpaired) electrons. The van der Waals surface area contributed by atoms with Gasteiger partial charge in [0.2, 0.25) is 0 Å². The fraction of sp³-hybridized carbons (Fsp3) is 0.900. The number of hydroxylamine groups is 2. The molecule has 2 aliphatic rings. The van der Waals surface area contributed by atoms with E-state index in [1.54, 1.807) is 7.11 Å². The molecule has 0 aromatic carbocycles. The van der Waals surface area contributed by atoms with Gasteiger partial charge in [-0.2, -0.15) is 10.2 Å². The number of nitrogens with zero attached hydrogens (tertiary/aromatic N) is 3. The molecular formula is C10H19N3O2. The smallest absolute Gasteiger partial charge is 0.0659 e. The topological polar surface area (TPSA) is 37.3 Å². The molecule has 0 aliphatic carbocycles. The summed E-state index contributed by atoms with van der Waals surface area (Å²) in [6, 6.07) is 0. The maximum Gasteiger partial charge on any atom is 0.0659 e. The van der Waals surface area contributed by atoms with Gasteiger partial charge in [-0.05, 0) is 0 Å². The van der Waals surface area contributed by atoms with Crippen LogP contribution in [0.25, 0.3) is 0 Å². The zero-order chi connectivity index (χ0) is 10.5. The number of hydrogen-bond acceptors (Lipinski definition) is 5. The van der Waals surface area contributed by atoms with Gasteiger partial charge in [-0.1, -0.05) is 0 Å². The summed E-state index contributed by atoms with van der Waals surface area (Å²) in [5, 5.41) is 8.76. The minimum atomic E-state index is 0.807. The molecule has 0 saturated carbocycles. The first-order valence-electron chi connectivity index (χ1n) is 5.56. The van der Waals surface area contributed by atoms with Crippen LogP contribution < -0.4 is 0 Å². The molecule has 0 aromatic heterocycles. The van der Waals surface area contributed by atoms with Crippen molar-refractivity contribution in [1.82, 2.24) is 10.1 Å². The van der Waals surface area contributed by atoms with E-state index in [4.69, 9.17) is 9.57 Å². The van der Waals surface area contributed by atoms with Crippen molar-refractivity contribution in [2.45, 2.75) is 12.8 Å². The zero-order valence-corrected chi connectivity index (χ0v) is 9.31. The molecule has 2 rings (SSSR count). The summed E-state index contributed by atoms with van der Waals surface area (Å²) >= 11 is 0. The summed E-state index contributed by atoms with van der Waals surface area (Å²) < 4.78 is 5.28. The van der Waals surface area contributed by atoms with Crippen LogP contribution in [0.2, 0.25) is 0 Å². The number of morpholine rings is 1. The highest BCUT2D eigenvalue weighted by atomic mass is 16.7. The lowest BCUT2D eigenvalue weighted by atomic mass is 10.1. The van der Waals surface area contributed by atoms with E-state index in [0.29, 0.717) is 0 Å². The number of rotatable bonds is 2. The van der Waals surface area contributed by atoms with Gasteiger partial charge in [-0.3, -0.25) is 5.01 Å². The van der Waals surface area contributed by atoms with Gasteiger partial charge >= 0.3 is 0 Å². The first kappa shape index (κ1) is 10.9. The largest absolute Gasteiger partial charge is 0.378 e. The lowest BCUT2D eigenvalue weighted by molar-refractivity contribution is -0.131. The third kappa shape index (κ3) is 3.15. The summed E-state index contributed by atoms with van der Waals surface area (Å²) in [6.07, 6.45) is 2.04. The van der Waals surface area contributed by atoms with Crippen molar-refractivity contribution >= 4 is 5.71 Å². The Bertz CT molecular complexity index is 217. The second kappa shape index (κ2) is 5.44. The Morgan fingerprint density at radius 2 is 1.80 bits per heavy atom. The van der Waals surface area contributed by atoms with E-state index in [1.165, 1.54) is 5.71 Å². The highest BCUT2D eigenvalue weighted by Crippen LogP contribution is 2.09. The molecule has 2 heterocycles. The molecule has 2 aliphatic heterocycles. The molecule has 2 saturated heterocycles. The van der Waals surface area contributed by atoms with Crippen LogP contribution in [0.15, 0.2) is 5.10 Å².